The molecule has 2 heterocycles. The first-order valence-corrected chi connectivity index (χ1v) is 8.08. The second-order valence-electron chi connectivity index (χ2n) is 6.60. The van der Waals surface area contributed by atoms with Crippen molar-refractivity contribution in [3.05, 3.63) is 29.3 Å². The largest absolute Gasteiger partial charge is 0.368 e. The zero-order chi connectivity index (χ0) is 16.6. The summed E-state index contributed by atoms with van der Waals surface area (Å²) < 4.78 is 26.5. The third-order valence-electron chi connectivity index (χ3n) is 4.70. The Kier molecular flexibility index (Phi) is 4.27. The molecule has 0 bridgehead atoms. The monoisotopic (exact) mass is 323 g/mol. The van der Waals surface area contributed by atoms with E-state index in [4.69, 9.17) is 0 Å². The minimum atomic E-state index is -2.76. The number of aryl methyl sites for hydroxylation is 2. The lowest BCUT2D eigenvalue weighted by molar-refractivity contribution is -0.134. The van der Waals surface area contributed by atoms with Gasteiger partial charge in [0.1, 0.15) is 0 Å². The van der Waals surface area contributed by atoms with E-state index in [0.29, 0.717) is 13.1 Å². The lowest BCUT2D eigenvalue weighted by Gasteiger charge is -2.37. The van der Waals surface area contributed by atoms with E-state index in [9.17, 15) is 13.6 Å². The highest BCUT2D eigenvalue weighted by atomic mass is 19.3. The van der Waals surface area contributed by atoms with Crippen LogP contribution in [0.15, 0.2) is 18.2 Å². The molecular formula is C17H23F2N3O. The molecule has 2 saturated heterocycles. The number of nitrogens with one attached hydrogen (secondary N) is 1. The molecule has 23 heavy (non-hydrogen) atoms. The first-order chi connectivity index (χ1) is 10.9. The number of alkyl halides is 2. The summed E-state index contributed by atoms with van der Waals surface area (Å²) in [5.41, 5.74) is 3.62. The summed E-state index contributed by atoms with van der Waals surface area (Å²) in [5, 5.41) is 2.65. The van der Waals surface area contributed by atoms with Crippen LogP contribution in [0, 0.1) is 13.8 Å². The van der Waals surface area contributed by atoms with Crippen molar-refractivity contribution < 1.29 is 13.6 Å². The van der Waals surface area contributed by atoms with Crippen molar-refractivity contribution in [2.75, 3.05) is 37.6 Å². The van der Waals surface area contributed by atoms with Crippen molar-refractivity contribution in [1.29, 1.82) is 0 Å². The Morgan fingerprint density at radius 2 is 1.91 bits per heavy atom. The second-order valence-corrected chi connectivity index (χ2v) is 6.60. The van der Waals surface area contributed by atoms with E-state index in [2.05, 4.69) is 42.3 Å². The molecule has 1 aromatic rings. The summed E-state index contributed by atoms with van der Waals surface area (Å²) >= 11 is 0. The van der Waals surface area contributed by atoms with Crippen molar-refractivity contribution in [2.45, 2.75) is 32.2 Å². The lowest BCUT2D eigenvalue weighted by Crippen LogP contribution is -2.53. The van der Waals surface area contributed by atoms with Crippen molar-refractivity contribution in [3.8, 4) is 0 Å². The van der Waals surface area contributed by atoms with Crippen LogP contribution in [0.2, 0.25) is 0 Å². The number of carbonyl (C=O) groups excluding carboxylic acids is 1. The van der Waals surface area contributed by atoms with Gasteiger partial charge in [-0.25, -0.2) is 8.78 Å². The van der Waals surface area contributed by atoms with E-state index in [1.807, 2.05) is 0 Å². The Balaban J connectivity index is 1.60. The molecule has 2 aliphatic heterocycles. The fourth-order valence-corrected chi connectivity index (χ4v) is 3.34. The average molecular weight is 323 g/mol. The Labute approximate surface area is 135 Å². The summed E-state index contributed by atoms with van der Waals surface area (Å²) in [4.78, 5) is 16.3. The average Bonchev–Trinajstić information content (AvgIpc) is 2.89. The molecule has 1 unspecified atom stereocenters. The van der Waals surface area contributed by atoms with E-state index in [0.717, 1.165) is 13.1 Å². The van der Waals surface area contributed by atoms with Gasteiger partial charge in [0.2, 0.25) is 5.91 Å². The van der Waals surface area contributed by atoms with Crippen molar-refractivity contribution >= 4 is 11.6 Å². The Hall–Kier alpha value is -1.69. The minimum absolute atomic E-state index is 0.192. The topological polar surface area (TPSA) is 35.6 Å². The molecule has 126 valence electrons. The molecule has 4 nitrogen and oxygen atoms in total. The molecule has 0 saturated carbocycles. The van der Waals surface area contributed by atoms with E-state index in [1.165, 1.54) is 16.8 Å². The number of piperazine rings is 1. The zero-order valence-corrected chi connectivity index (χ0v) is 13.6. The lowest BCUT2D eigenvalue weighted by atomic mass is 10.1. The van der Waals surface area contributed by atoms with Crippen LogP contribution in [-0.2, 0) is 4.79 Å². The third kappa shape index (κ3) is 3.47. The third-order valence-corrected chi connectivity index (χ3v) is 4.70. The van der Waals surface area contributed by atoms with Crippen LogP contribution in [0.5, 0.6) is 0 Å². The van der Waals surface area contributed by atoms with Crippen LogP contribution in [0.3, 0.4) is 0 Å². The quantitative estimate of drug-likeness (QED) is 0.904. The highest BCUT2D eigenvalue weighted by molar-refractivity contribution is 5.82. The number of hydrogen-bond donors (Lipinski definition) is 1. The molecule has 0 spiro atoms. The van der Waals surface area contributed by atoms with Crippen LogP contribution in [-0.4, -0.2) is 55.5 Å². The molecule has 2 fully saturated rings. The van der Waals surface area contributed by atoms with E-state index in [1.54, 1.807) is 4.90 Å². The molecular weight excluding hydrogens is 300 g/mol. The first kappa shape index (κ1) is 16.2. The van der Waals surface area contributed by atoms with Crippen LogP contribution in [0.25, 0.3) is 0 Å². The second kappa shape index (κ2) is 6.07. The highest BCUT2D eigenvalue weighted by Gasteiger charge is 2.43. The SMILES string of the molecule is Cc1ccc(C)c(N2CCN(C(=O)C3CC(F)(F)CN3)CC2)c1. The van der Waals surface area contributed by atoms with E-state index >= 15 is 0 Å². The van der Waals surface area contributed by atoms with E-state index in [-0.39, 0.29) is 12.3 Å². The number of hydrogen-bond acceptors (Lipinski definition) is 3. The maximum Gasteiger partial charge on any atom is 0.262 e. The number of amides is 1. The van der Waals surface area contributed by atoms with Crippen molar-refractivity contribution in [3.63, 3.8) is 0 Å². The molecule has 1 atom stereocenters. The zero-order valence-electron chi connectivity index (χ0n) is 13.6. The molecule has 1 N–H and O–H groups in total. The Bertz CT molecular complexity index is 598. The Morgan fingerprint density at radius 3 is 2.52 bits per heavy atom. The summed E-state index contributed by atoms with van der Waals surface area (Å²) in [5.74, 6) is -2.95. The van der Waals surface area contributed by atoms with Gasteiger partial charge in [0.05, 0.1) is 12.6 Å². The molecule has 0 aromatic heterocycles. The summed E-state index contributed by atoms with van der Waals surface area (Å²) in [6.45, 7) is 6.38. The maximum atomic E-state index is 13.2. The van der Waals surface area contributed by atoms with Gasteiger partial charge in [-0.1, -0.05) is 12.1 Å². The molecule has 0 radical (unpaired) electrons. The fourth-order valence-electron chi connectivity index (χ4n) is 3.34. The summed E-state index contributed by atoms with van der Waals surface area (Å²) in [6, 6.07) is 5.61. The van der Waals surface area contributed by atoms with Gasteiger partial charge in [0, 0.05) is 38.3 Å². The molecule has 6 heteroatoms. The highest BCUT2D eigenvalue weighted by Crippen LogP contribution is 2.27. The Morgan fingerprint density at radius 1 is 1.22 bits per heavy atom. The van der Waals surface area contributed by atoms with Gasteiger partial charge in [0.25, 0.3) is 5.92 Å². The summed E-state index contributed by atoms with van der Waals surface area (Å²) in [6.07, 6.45) is -0.386. The van der Waals surface area contributed by atoms with Crippen molar-refractivity contribution in [2.24, 2.45) is 0 Å². The molecule has 0 aliphatic carbocycles. The van der Waals surface area contributed by atoms with Gasteiger partial charge >= 0.3 is 0 Å². The standard InChI is InChI=1S/C17H23F2N3O/c1-12-3-4-13(2)15(9-12)21-5-7-22(8-6-21)16(23)14-10-17(18,19)11-20-14/h3-4,9,14,20H,5-8,10-11H2,1-2H3. The van der Waals surface area contributed by atoms with Gasteiger partial charge in [0.15, 0.2) is 0 Å². The van der Waals surface area contributed by atoms with Gasteiger partial charge < -0.3 is 9.80 Å². The van der Waals surface area contributed by atoms with Crippen LogP contribution < -0.4 is 10.2 Å². The van der Waals surface area contributed by atoms with E-state index < -0.39 is 18.5 Å². The normalized spacial score (nSPS) is 24.1. The van der Waals surface area contributed by atoms with Gasteiger partial charge in [-0.15, -0.1) is 0 Å². The molecule has 1 amide bonds. The molecule has 2 aliphatic rings. The predicted octanol–water partition coefficient (Wildman–Crippen LogP) is 1.95. The predicted molar refractivity (Wildman–Crippen MR) is 86.1 cm³/mol. The van der Waals surface area contributed by atoms with Gasteiger partial charge in [-0.05, 0) is 31.0 Å². The minimum Gasteiger partial charge on any atom is -0.368 e. The van der Waals surface area contributed by atoms with Crippen LogP contribution >= 0.6 is 0 Å². The molecule has 1 aromatic carbocycles. The number of nitrogens with zero attached hydrogens (tertiary/aromatic N) is 2. The first-order valence-electron chi connectivity index (χ1n) is 8.08. The number of carbonyl (C=O) groups is 1. The van der Waals surface area contributed by atoms with Crippen molar-refractivity contribution in [1.82, 2.24) is 10.2 Å². The smallest absolute Gasteiger partial charge is 0.262 e. The maximum absolute atomic E-state index is 13.2. The number of benzene rings is 1. The number of anilines is 1. The molecule has 3 rings (SSSR count). The van der Waals surface area contributed by atoms with Gasteiger partial charge in [-0.2, -0.15) is 0 Å². The number of rotatable bonds is 2. The number of halogens is 2. The van der Waals surface area contributed by atoms with Gasteiger partial charge in [-0.3, -0.25) is 10.1 Å². The van der Waals surface area contributed by atoms with Crippen LogP contribution in [0.1, 0.15) is 17.5 Å². The summed E-state index contributed by atoms with van der Waals surface area (Å²) in [7, 11) is 0. The van der Waals surface area contributed by atoms with Crippen LogP contribution in [0.4, 0.5) is 14.5 Å². The fraction of sp³-hybridized carbons (Fsp3) is 0.588.